The molecule has 1 heterocycles. The summed E-state index contributed by atoms with van der Waals surface area (Å²) in [5.41, 5.74) is 3.78. The number of hydrogen-bond acceptors (Lipinski definition) is 5. The van der Waals surface area contributed by atoms with Crippen LogP contribution in [-0.2, 0) is 7.05 Å². The lowest BCUT2D eigenvalue weighted by Gasteiger charge is -2.12. The molecule has 0 aliphatic carbocycles. The summed E-state index contributed by atoms with van der Waals surface area (Å²) in [6.07, 6.45) is 3.12. The Kier molecular flexibility index (Phi) is 6.02. The van der Waals surface area contributed by atoms with Gasteiger partial charge in [0.05, 0.1) is 13.3 Å². The Morgan fingerprint density at radius 3 is 2.55 bits per heavy atom. The number of aliphatic imine (C=N–C) groups is 1. The maximum Gasteiger partial charge on any atom is 0.161 e. The van der Waals surface area contributed by atoms with E-state index in [1.165, 1.54) is 18.9 Å². The maximum atomic E-state index is 9.93. The van der Waals surface area contributed by atoms with Gasteiger partial charge in [-0.15, -0.1) is 0 Å². The van der Waals surface area contributed by atoms with Gasteiger partial charge in [-0.1, -0.05) is 32.6 Å². The standard InChI is InChI=1S/C23H26N4O2/c1-6-24-14-21-26-22(17-9-12-19(28)20(13-17)29-5)23(27(21)4)25-18-10-7-16(8-11-18)15(2)3/h6-15,25,28H,1H2,2-5H3. The van der Waals surface area contributed by atoms with Crippen LogP contribution in [0.4, 0.5) is 11.5 Å². The van der Waals surface area contributed by atoms with Crippen LogP contribution in [0, 0.1) is 0 Å². The monoisotopic (exact) mass is 390 g/mol. The number of aromatic hydroxyl groups is 1. The van der Waals surface area contributed by atoms with Crippen molar-refractivity contribution in [1.29, 1.82) is 0 Å². The maximum absolute atomic E-state index is 9.93. The van der Waals surface area contributed by atoms with Crippen LogP contribution in [0.1, 0.15) is 31.2 Å². The van der Waals surface area contributed by atoms with Crippen LogP contribution in [0.15, 0.2) is 60.2 Å². The summed E-state index contributed by atoms with van der Waals surface area (Å²) < 4.78 is 7.19. The number of phenols is 1. The van der Waals surface area contributed by atoms with E-state index in [1.807, 2.05) is 17.7 Å². The molecule has 6 heteroatoms. The van der Waals surface area contributed by atoms with E-state index in [1.54, 1.807) is 18.3 Å². The second-order valence-corrected chi connectivity index (χ2v) is 6.98. The first kappa shape index (κ1) is 20.2. The topological polar surface area (TPSA) is 71.7 Å². The molecule has 3 aromatic rings. The zero-order valence-corrected chi connectivity index (χ0v) is 17.2. The summed E-state index contributed by atoms with van der Waals surface area (Å²) in [4.78, 5) is 8.83. The van der Waals surface area contributed by atoms with Crippen molar-refractivity contribution in [3.8, 4) is 22.8 Å². The predicted molar refractivity (Wildman–Crippen MR) is 118 cm³/mol. The molecule has 0 saturated carbocycles. The van der Waals surface area contributed by atoms with E-state index >= 15 is 0 Å². The third-order valence-corrected chi connectivity index (χ3v) is 4.72. The molecule has 6 nitrogen and oxygen atoms in total. The summed E-state index contributed by atoms with van der Waals surface area (Å²) in [6, 6.07) is 13.5. The number of nitrogens with one attached hydrogen (secondary N) is 1. The van der Waals surface area contributed by atoms with Crippen molar-refractivity contribution in [2.75, 3.05) is 12.4 Å². The fourth-order valence-electron chi connectivity index (χ4n) is 3.01. The molecule has 150 valence electrons. The lowest BCUT2D eigenvalue weighted by molar-refractivity contribution is 0.373. The number of anilines is 2. The molecule has 0 fully saturated rings. The molecular formula is C23H26N4O2. The van der Waals surface area contributed by atoms with Crippen LogP contribution in [0.2, 0.25) is 0 Å². The van der Waals surface area contributed by atoms with Crippen LogP contribution in [0.25, 0.3) is 11.3 Å². The number of aromatic nitrogens is 2. The fraction of sp³-hybridized carbons (Fsp3) is 0.217. The van der Waals surface area contributed by atoms with Gasteiger partial charge in [0.25, 0.3) is 0 Å². The molecule has 2 aromatic carbocycles. The molecule has 0 aliphatic rings. The van der Waals surface area contributed by atoms with Crippen LogP contribution in [-0.4, -0.2) is 28.0 Å². The average Bonchev–Trinajstić information content (AvgIpc) is 3.02. The number of phenolic OH excluding ortho intramolecular Hbond substituents is 1. The lowest BCUT2D eigenvalue weighted by Crippen LogP contribution is -2.02. The quantitative estimate of drug-likeness (QED) is 0.542. The van der Waals surface area contributed by atoms with Gasteiger partial charge in [0.2, 0.25) is 0 Å². The molecule has 0 aliphatic heterocycles. The number of benzene rings is 2. The van der Waals surface area contributed by atoms with Gasteiger partial charge in [-0.3, -0.25) is 4.99 Å². The highest BCUT2D eigenvalue weighted by Crippen LogP contribution is 2.35. The number of hydrogen-bond donors (Lipinski definition) is 2. The van der Waals surface area contributed by atoms with Crippen molar-refractivity contribution in [1.82, 2.24) is 9.55 Å². The van der Waals surface area contributed by atoms with Gasteiger partial charge in [0, 0.05) is 24.5 Å². The first-order valence-corrected chi connectivity index (χ1v) is 9.39. The molecule has 0 amide bonds. The Hall–Kier alpha value is -3.54. The highest BCUT2D eigenvalue weighted by molar-refractivity contribution is 5.84. The Morgan fingerprint density at radius 1 is 1.21 bits per heavy atom. The minimum atomic E-state index is 0.0828. The molecule has 0 radical (unpaired) electrons. The number of methoxy groups -OCH3 is 1. The number of nitrogens with zero attached hydrogens (tertiary/aromatic N) is 3. The predicted octanol–water partition coefficient (Wildman–Crippen LogP) is 5.23. The fourth-order valence-corrected chi connectivity index (χ4v) is 3.01. The summed E-state index contributed by atoms with van der Waals surface area (Å²) in [5.74, 6) is 2.43. The van der Waals surface area contributed by atoms with Crippen LogP contribution in [0.3, 0.4) is 0 Å². The zero-order chi connectivity index (χ0) is 21.0. The largest absolute Gasteiger partial charge is 0.504 e. The molecule has 1 aromatic heterocycles. The Labute approximate surface area is 171 Å². The van der Waals surface area contributed by atoms with Crippen molar-refractivity contribution < 1.29 is 9.84 Å². The SMILES string of the molecule is C=CN=Cc1nc(-c2ccc(O)c(OC)c2)c(Nc2ccc(C(C)C)cc2)n1C. The van der Waals surface area contributed by atoms with Crippen LogP contribution < -0.4 is 10.1 Å². The Balaban J connectivity index is 2.07. The minimum absolute atomic E-state index is 0.0828. The third kappa shape index (κ3) is 4.32. The molecular weight excluding hydrogens is 364 g/mol. The molecule has 0 unspecified atom stereocenters. The molecule has 29 heavy (non-hydrogen) atoms. The molecule has 3 rings (SSSR count). The smallest absolute Gasteiger partial charge is 0.161 e. The van der Waals surface area contributed by atoms with Crippen LogP contribution >= 0.6 is 0 Å². The minimum Gasteiger partial charge on any atom is -0.504 e. The van der Waals surface area contributed by atoms with Gasteiger partial charge in [-0.25, -0.2) is 4.98 Å². The van der Waals surface area contributed by atoms with Crippen molar-refractivity contribution >= 4 is 17.7 Å². The first-order chi connectivity index (χ1) is 13.9. The third-order valence-electron chi connectivity index (χ3n) is 4.72. The second kappa shape index (κ2) is 8.65. The van der Waals surface area contributed by atoms with E-state index in [-0.39, 0.29) is 5.75 Å². The first-order valence-electron chi connectivity index (χ1n) is 9.39. The second-order valence-electron chi connectivity index (χ2n) is 6.98. The molecule has 0 bridgehead atoms. The zero-order valence-electron chi connectivity index (χ0n) is 17.2. The van der Waals surface area contributed by atoms with E-state index in [2.05, 4.69) is 55.0 Å². The van der Waals surface area contributed by atoms with E-state index < -0.39 is 0 Å². The van der Waals surface area contributed by atoms with E-state index in [4.69, 9.17) is 9.72 Å². The van der Waals surface area contributed by atoms with Gasteiger partial charge >= 0.3 is 0 Å². The normalized spacial score (nSPS) is 11.2. The summed E-state index contributed by atoms with van der Waals surface area (Å²) in [5, 5.41) is 13.4. The van der Waals surface area contributed by atoms with E-state index in [0.29, 0.717) is 17.5 Å². The molecule has 0 atom stereocenters. The van der Waals surface area contributed by atoms with Gasteiger partial charge < -0.3 is 19.7 Å². The van der Waals surface area contributed by atoms with Crippen molar-refractivity contribution in [2.45, 2.75) is 19.8 Å². The highest BCUT2D eigenvalue weighted by Gasteiger charge is 2.17. The Morgan fingerprint density at radius 2 is 1.93 bits per heavy atom. The van der Waals surface area contributed by atoms with E-state index in [9.17, 15) is 5.11 Å². The number of imidazole rings is 1. The lowest BCUT2D eigenvalue weighted by atomic mass is 10.0. The van der Waals surface area contributed by atoms with Gasteiger partial charge in [-0.05, 0) is 41.8 Å². The van der Waals surface area contributed by atoms with Gasteiger partial charge in [0.1, 0.15) is 11.5 Å². The Bertz CT molecular complexity index is 1030. The number of rotatable bonds is 7. The van der Waals surface area contributed by atoms with E-state index in [0.717, 1.165) is 22.8 Å². The van der Waals surface area contributed by atoms with Crippen LogP contribution in [0.5, 0.6) is 11.5 Å². The van der Waals surface area contributed by atoms with Gasteiger partial charge in [-0.2, -0.15) is 0 Å². The summed E-state index contributed by atoms with van der Waals surface area (Å²) >= 11 is 0. The average molecular weight is 390 g/mol. The summed E-state index contributed by atoms with van der Waals surface area (Å²) in [7, 11) is 3.44. The van der Waals surface area contributed by atoms with Crippen molar-refractivity contribution in [2.24, 2.45) is 12.0 Å². The number of ether oxygens (including phenoxy) is 1. The molecule has 0 spiro atoms. The highest BCUT2D eigenvalue weighted by atomic mass is 16.5. The molecule has 0 saturated heterocycles. The molecule has 2 N–H and O–H groups in total. The van der Waals surface area contributed by atoms with Crippen molar-refractivity contribution in [3.63, 3.8) is 0 Å². The summed E-state index contributed by atoms with van der Waals surface area (Å²) in [6.45, 7) is 7.96. The van der Waals surface area contributed by atoms with Crippen molar-refractivity contribution in [3.05, 3.63) is 66.6 Å². The van der Waals surface area contributed by atoms with Gasteiger partial charge in [0.15, 0.2) is 17.3 Å².